The fourth-order valence-corrected chi connectivity index (χ4v) is 3.73. The van der Waals surface area contributed by atoms with Gasteiger partial charge in [0.05, 0.1) is 5.39 Å². The molecule has 6 nitrogen and oxygen atoms in total. The highest BCUT2D eigenvalue weighted by molar-refractivity contribution is 5.91. The van der Waals surface area contributed by atoms with Crippen molar-refractivity contribution in [1.82, 2.24) is 5.32 Å². The maximum Gasteiger partial charge on any atom is 0.375 e. The molecule has 6 heteroatoms. The number of carbonyl (C=O) groups excluding carboxylic acids is 2. The van der Waals surface area contributed by atoms with Crippen molar-refractivity contribution in [3.63, 3.8) is 0 Å². The van der Waals surface area contributed by atoms with Crippen LogP contribution in [0.5, 0.6) is 0 Å². The molecule has 0 radical (unpaired) electrons. The topological polar surface area (TPSA) is 85.6 Å². The lowest BCUT2D eigenvalue weighted by atomic mass is 9.78. The minimum absolute atomic E-state index is 0.0826. The van der Waals surface area contributed by atoms with Gasteiger partial charge in [-0.3, -0.25) is 9.59 Å². The first-order valence-electron chi connectivity index (χ1n) is 9.82. The molecule has 1 aliphatic rings. The van der Waals surface area contributed by atoms with E-state index in [2.05, 4.69) is 19.2 Å². The standard InChI is InChI=1S/C22H27NO5/c1-12-8-9-19-16(10-12)18(24)11-20(28-19)22(26)27-15(4)21(25)23-17-7-5-6-13(2)14(17)3/h8-11,13-15,17H,5-7H2,1-4H3,(H,23,25)/t13-,14-,15-,17-/m0/s1. The Kier molecular flexibility index (Phi) is 5.87. The molecule has 150 valence electrons. The number of ether oxygens (including phenoxy) is 1. The molecule has 28 heavy (non-hydrogen) atoms. The molecule has 0 unspecified atom stereocenters. The third-order valence-electron chi connectivity index (χ3n) is 5.77. The number of hydrogen-bond acceptors (Lipinski definition) is 5. The molecule has 1 heterocycles. The third kappa shape index (κ3) is 4.26. The van der Waals surface area contributed by atoms with Crippen molar-refractivity contribution in [2.75, 3.05) is 0 Å². The molecule has 0 aliphatic heterocycles. The van der Waals surface area contributed by atoms with E-state index in [1.807, 2.05) is 6.92 Å². The number of hydrogen-bond donors (Lipinski definition) is 1. The highest BCUT2D eigenvalue weighted by atomic mass is 16.6. The van der Waals surface area contributed by atoms with E-state index < -0.39 is 12.1 Å². The monoisotopic (exact) mass is 385 g/mol. The van der Waals surface area contributed by atoms with E-state index in [1.54, 1.807) is 18.2 Å². The zero-order valence-electron chi connectivity index (χ0n) is 16.8. The summed E-state index contributed by atoms with van der Waals surface area (Å²) in [6.07, 6.45) is 2.19. The summed E-state index contributed by atoms with van der Waals surface area (Å²) < 4.78 is 10.8. The predicted molar refractivity (Wildman–Crippen MR) is 106 cm³/mol. The van der Waals surface area contributed by atoms with Gasteiger partial charge in [0.1, 0.15) is 5.58 Å². The number of nitrogens with one attached hydrogen (secondary N) is 1. The minimum atomic E-state index is -0.976. The molecular weight excluding hydrogens is 358 g/mol. The van der Waals surface area contributed by atoms with Gasteiger partial charge in [-0.25, -0.2) is 4.79 Å². The van der Waals surface area contributed by atoms with Crippen LogP contribution in [-0.4, -0.2) is 24.0 Å². The number of esters is 1. The van der Waals surface area contributed by atoms with E-state index in [0.717, 1.165) is 24.5 Å². The van der Waals surface area contributed by atoms with Crippen LogP contribution in [-0.2, 0) is 9.53 Å². The molecule has 0 saturated heterocycles. The normalized spacial score (nSPS) is 23.2. The fraction of sp³-hybridized carbons (Fsp3) is 0.500. The maximum absolute atomic E-state index is 12.5. The zero-order chi connectivity index (χ0) is 20.4. The van der Waals surface area contributed by atoms with Crippen LogP contribution in [0.25, 0.3) is 11.0 Å². The molecule has 0 spiro atoms. The van der Waals surface area contributed by atoms with Gasteiger partial charge in [0.25, 0.3) is 5.91 Å². The van der Waals surface area contributed by atoms with Gasteiger partial charge in [-0.2, -0.15) is 0 Å². The molecule has 1 amide bonds. The predicted octanol–water partition coefficient (Wildman–Crippen LogP) is 3.59. The highest BCUT2D eigenvalue weighted by Gasteiger charge is 2.30. The fourth-order valence-electron chi connectivity index (χ4n) is 3.73. The quantitative estimate of drug-likeness (QED) is 0.813. The molecule has 2 aromatic rings. The van der Waals surface area contributed by atoms with Gasteiger partial charge in [0.15, 0.2) is 11.5 Å². The van der Waals surface area contributed by atoms with Gasteiger partial charge in [-0.05, 0) is 44.2 Å². The smallest absolute Gasteiger partial charge is 0.375 e. The molecule has 1 aromatic carbocycles. The van der Waals surface area contributed by atoms with Crippen LogP contribution in [0.4, 0.5) is 0 Å². The largest absolute Gasteiger partial charge is 0.449 e. The molecule has 1 saturated carbocycles. The number of fused-ring (bicyclic) bond motifs is 1. The van der Waals surface area contributed by atoms with Crippen molar-refractivity contribution in [1.29, 1.82) is 0 Å². The lowest BCUT2D eigenvalue weighted by Crippen LogP contribution is -2.47. The van der Waals surface area contributed by atoms with Crippen LogP contribution in [0, 0.1) is 18.8 Å². The average molecular weight is 385 g/mol. The number of rotatable bonds is 4. The van der Waals surface area contributed by atoms with Gasteiger partial charge in [-0.15, -0.1) is 0 Å². The van der Waals surface area contributed by atoms with Gasteiger partial charge in [-0.1, -0.05) is 38.3 Å². The van der Waals surface area contributed by atoms with Crippen molar-refractivity contribution in [3.05, 3.63) is 45.8 Å². The first-order chi connectivity index (χ1) is 13.3. The minimum Gasteiger partial charge on any atom is -0.449 e. The Morgan fingerprint density at radius 3 is 2.71 bits per heavy atom. The van der Waals surface area contributed by atoms with Crippen molar-refractivity contribution in [2.24, 2.45) is 11.8 Å². The third-order valence-corrected chi connectivity index (χ3v) is 5.77. The lowest BCUT2D eigenvalue weighted by Gasteiger charge is -2.35. The molecule has 3 rings (SSSR count). The summed E-state index contributed by atoms with van der Waals surface area (Å²) in [5, 5.41) is 3.40. The zero-order valence-corrected chi connectivity index (χ0v) is 16.8. The van der Waals surface area contributed by atoms with E-state index in [0.29, 0.717) is 22.8 Å². The van der Waals surface area contributed by atoms with Crippen LogP contribution >= 0.6 is 0 Å². The van der Waals surface area contributed by atoms with Crippen LogP contribution < -0.4 is 10.7 Å². The van der Waals surface area contributed by atoms with E-state index >= 15 is 0 Å². The Hall–Kier alpha value is -2.63. The summed E-state index contributed by atoms with van der Waals surface area (Å²) >= 11 is 0. The SMILES string of the molecule is Cc1ccc2oc(C(=O)O[C@@H](C)C(=O)N[C@H]3CCC[C@H](C)[C@@H]3C)cc(=O)c2c1. The van der Waals surface area contributed by atoms with Crippen LogP contribution in [0.15, 0.2) is 33.5 Å². The van der Waals surface area contributed by atoms with Crippen LogP contribution in [0.1, 0.15) is 56.2 Å². The van der Waals surface area contributed by atoms with Crippen molar-refractivity contribution >= 4 is 22.8 Å². The number of aryl methyl sites for hydroxylation is 1. The number of carbonyl (C=O) groups is 2. The Morgan fingerprint density at radius 2 is 1.96 bits per heavy atom. The van der Waals surface area contributed by atoms with Crippen molar-refractivity contribution in [3.8, 4) is 0 Å². The Bertz CT molecular complexity index is 948. The molecule has 1 aromatic heterocycles. The van der Waals surface area contributed by atoms with Crippen LogP contribution in [0.2, 0.25) is 0 Å². The first kappa shape index (κ1) is 20.1. The molecule has 1 aliphatic carbocycles. The maximum atomic E-state index is 12.5. The number of amides is 1. The van der Waals surface area contributed by atoms with Gasteiger partial charge in [0.2, 0.25) is 5.76 Å². The highest BCUT2D eigenvalue weighted by Crippen LogP contribution is 2.29. The van der Waals surface area contributed by atoms with Gasteiger partial charge >= 0.3 is 5.97 Å². The second kappa shape index (κ2) is 8.17. The second-order valence-electron chi connectivity index (χ2n) is 7.90. The summed E-state index contributed by atoms with van der Waals surface area (Å²) in [5.41, 5.74) is 0.915. The summed E-state index contributed by atoms with van der Waals surface area (Å²) in [4.78, 5) is 37.1. The van der Waals surface area contributed by atoms with Crippen molar-refractivity contribution < 1.29 is 18.7 Å². The van der Waals surface area contributed by atoms with Crippen molar-refractivity contribution in [2.45, 2.75) is 59.1 Å². The lowest BCUT2D eigenvalue weighted by molar-refractivity contribution is -0.130. The Morgan fingerprint density at radius 1 is 1.21 bits per heavy atom. The van der Waals surface area contributed by atoms with Gasteiger partial charge in [0, 0.05) is 12.1 Å². The van der Waals surface area contributed by atoms with Gasteiger partial charge < -0.3 is 14.5 Å². The Labute approximate surface area is 164 Å². The molecule has 1 fully saturated rings. The second-order valence-corrected chi connectivity index (χ2v) is 7.90. The van der Waals surface area contributed by atoms with E-state index in [1.165, 1.54) is 13.3 Å². The summed E-state index contributed by atoms with van der Waals surface area (Å²) in [5.74, 6) is -0.444. The molecule has 0 bridgehead atoms. The molecule has 4 atom stereocenters. The van der Waals surface area contributed by atoms with E-state index in [-0.39, 0.29) is 23.1 Å². The molecular formula is C22H27NO5. The first-order valence-corrected chi connectivity index (χ1v) is 9.82. The number of benzene rings is 1. The van der Waals surface area contributed by atoms with E-state index in [4.69, 9.17) is 9.15 Å². The summed E-state index contributed by atoms with van der Waals surface area (Å²) in [6, 6.07) is 6.34. The molecule has 1 N–H and O–H groups in total. The van der Waals surface area contributed by atoms with E-state index in [9.17, 15) is 14.4 Å². The summed E-state index contributed by atoms with van der Waals surface area (Å²) in [7, 11) is 0. The average Bonchev–Trinajstić information content (AvgIpc) is 2.65. The Balaban J connectivity index is 1.68. The summed E-state index contributed by atoms with van der Waals surface area (Å²) in [6.45, 7) is 7.72. The van der Waals surface area contributed by atoms with Crippen LogP contribution in [0.3, 0.4) is 0 Å².